The van der Waals surface area contributed by atoms with E-state index in [1.807, 2.05) is 13.1 Å². The lowest BCUT2D eigenvalue weighted by molar-refractivity contribution is 0.432. The third-order valence-electron chi connectivity index (χ3n) is 3.13. The summed E-state index contributed by atoms with van der Waals surface area (Å²) in [5.41, 5.74) is 0.694. The monoisotopic (exact) mass is 464 g/mol. The number of rotatable bonds is 6. The number of aliphatic imine (C=N–C) groups is 1. The number of nitrogens with one attached hydrogen (secondary N) is 2. The Balaban J connectivity index is 0.00000288. The van der Waals surface area contributed by atoms with Crippen LogP contribution in [0, 0.1) is 5.82 Å². The van der Waals surface area contributed by atoms with E-state index >= 15 is 0 Å². The molecule has 0 bridgehead atoms. The lowest BCUT2D eigenvalue weighted by Gasteiger charge is -2.10. The van der Waals surface area contributed by atoms with Crippen molar-refractivity contribution in [3.8, 4) is 5.75 Å². The van der Waals surface area contributed by atoms with E-state index in [1.54, 1.807) is 17.4 Å². The fourth-order valence-corrected chi connectivity index (χ4v) is 2.72. The van der Waals surface area contributed by atoms with Crippen molar-refractivity contribution in [3.05, 3.63) is 45.7 Å². The van der Waals surface area contributed by atoms with Crippen LogP contribution in [0.4, 0.5) is 4.39 Å². The Hall–Kier alpha value is -1.42. The van der Waals surface area contributed by atoms with Gasteiger partial charge in [-0.3, -0.25) is 0 Å². The van der Waals surface area contributed by atoms with Gasteiger partial charge < -0.3 is 15.7 Å². The van der Waals surface area contributed by atoms with Crippen LogP contribution >= 0.6 is 35.3 Å². The topological polar surface area (TPSA) is 69.5 Å². The molecule has 1 heterocycles. The van der Waals surface area contributed by atoms with Crippen LogP contribution in [0.2, 0.25) is 0 Å². The third kappa shape index (κ3) is 6.23. The summed E-state index contributed by atoms with van der Waals surface area (Å²) in [5.74, 6) is -0.335. The molecule has 0 saturated carbocycles. The van der Waals surface area contributed by atoms with Gasteiger partial charge in [-0.1, -0.05) is 13.0 Å². The van der Waals surface area contributed by atoms with Gasteiger partial charge in [0.1, 0.15) is 5.01 Å². The Morgan fingerprint density at radius 2 is 2.12 bits per heavy atom. The molecule has 132 valence electrons. The lowest BCUT2D eigenvalue weighted by Crippen LogP contribution is -2.36. The van der Waals surface area contributed by atoms with Crippen molar-refractivity contribution in [1.82, 2.24) is 15.6 Å². The van der Waals surface area contributed by atoms with Crippen molar-refractivity contribution >= 4 is 41.3 Å². The van der Waals surface area contributed by atoms with Crippen molar-refractivity contribution in [2.75, 3.05) is 6.54 Å². The number of guanidine groups is 1. The molecule has 0 radical (unpaired) electrons. The van der Waals surface area contributed by atoms with Gasteiger partial charge in [-0.15, -0.1) is 35.3 Å². The summed E-state index contributed by atoms with van der Waals surface area (Å²) in [6.07, 6.45) is 2.88. The highest BCUT2D eigenvalue weighted by Gasteiger charge is 2.04. The zero-order valence-electron chi connectivity index (χ0n) is 13.7. The molecule has 3 N–H and O–H groups in total. The third-order valence-corrected chi connectivity index (χ3v) is 4.27. The number of phenols is 1. The molecule has 2 rings (SSSR count). The number of aromatic nitrogens is 1. The number of nitrogens with zero attached hydrogens (tertiary/aromatic N) is 2. The molecule has 0 atom stereocenters. The largest absolute Gasteiger partial charge is 0.505 e. The summed E-state index contributed by atoms with van der Waals surface area (Å²) in [7, 11) is 0. The number of phenolic OH excluding ortho intramolecular Hbond substituents is 1. The Morgan fingerprint density at radius 1 is 1.33 bits per heavy atom. The van der Waals surface area contributed by atoms with Crippen LogP contribution < -0.4 is 10.6 Å². The smallest absolute Gasteiger partial charge is 0.191 e. The molecule has 0 unspecified atom stereocenters. The Kier molecular flexibility index (Phi) is 8.98. The van der Waals surface area contributed by atoms with Crippen LogP contribution in [-0.2, 0) is 19.5 Å². The molecule has 1 aromatic carbocycles. The zero-order chi connectivity index (χ0) is 16.7. The van der Waals surface area contributed by atoms with Crippen molar-refractivity contribution in [3.63, 3.8) is 0 Å². The second-order valence-electron chi connectivity index (χ2n) is 4.91. The molecule has 0 aliphatic carbocycles. The van der Waals surface area contributed by atoms with E-state index in [-0.39, 0.29) is 29.7 Å². The normalized spacial score (nSPS) is 11.0. The van der Waals surface area contributed by atoms with Crippen molar-refractivity contribution in [2.45, 2.75) is 33.4 Å². The predicted molar refractivity (Wildman–Crippen MR) is 107 cm³/mol. The number of benzene rings is 1. The number of thiazole rings is 1. The van der Waals surface area contributed by atoms with Crippen LogP contribution in [0.15, 0.2) is 29.4 Å². The molecule has 0 aliphatic rings. The average Bonchev–Trinajstić information content (AvgIpc) is 3.01. The lowest BCUT2D eigenvalue weighted by atomic mass is 10.2. The molecule has 2 aromatic rings. The molecule has 0 fully saturated rings. The molecular weight excluding hydrogens is 442 g/mol. The van der Waals surface area contributed by atoms with Crippen LogP contribution in [0.1, 0.15) is 29.3 Å². The summed E-state index contributed by atoms with van der Waals surface area (Å²) >= 11 is 1.68. The van der Waals surface area contributed by atoms with Crippen LogP contribution in [0.5, 0.6) is 5.75 Å². The first-order valence-corrected chi connectivity index (χ1v) is 8.37. The number of halogens is 2. The van der Waals surface area contributed by atoms with Crippen molar-refractivity contribution in [2.24, 2.45) is 4.99 Å². The molecule has 5 nitrogen and oxygen atoms in total. The van der Waals surface area contributed by atoms with Crippen LogP contribution in [0.3, 0.4) is 0 Å². The number of aromatic hydroxyl groups is 1. The molecule has 24 heavy (non-hydrogen) atoms. The molecular formula is C16H22FIN4OS. The zero-order valence-corrected chi connectivity index (χ0v) is 16.8. The minimum absolute atomic E-state index is 0. The van der Waals surface area contributed by atoms with Gasteiger partial charge >= 0.3 is 0 Å². The number of hydrogen-bond acceptors (Lipinski definition) is 4. The van der Waals surface area contributed by atoms with E-state index in [0.29, 0.717) is 24.6 Å². The first-order valence-electron chi connectivity index (χ1n) is 7.55. The van der Waals surface area contributed by atoms with Gasteiger partial charge in [0.25, 0.3) is 0 Å². The minimum atomic E-state index is -0.634. The second-order valence-corrected chi connectivity index (χ2v) is 6.11. The fraction of sp³-hybridized carbons (Fsp3) is 0.375. The van der Waals surface area contributed by atoms with Gasteiger partial charge in [-0.25, -0.2) is 14.4 Å². The quantitative estimate of drug-likeness (QED) is 0.348. The first-order chi connectivity index (χ1) is 11.1. The maximum Gasteiger partial charge on any atom is 0.191 e. The SMILES string of the molecule is CCNC(=NCc1ccc(O)c(F)c1)NCc1ncc(CC)s1.I. The van der Waals surface area contributed by atoms with E-state index in [9.17, 15) is 9.50 Å². The van der Waals surface area contributed by atoms with Gasteiger partial charge in [0.05, 0.1) is 13.1 Å². The summed E-state index contributed by atoms with van der Waals surface area (Å²) in [6.45, 7) is 5.74. The van der Waals surface area contributed by atoms with Crippen LogP contribution in [0.25, 0.3) is 0 Å². The Labute approximate surface area is 162 Å². The van der Waals surface area contributed by atoms with Gasteiger partial charge in [-0.05, 0) is 31.0 Å². The molecule has 0 amide bonds. The van der Waals surface area contributed by atoms with E-state index in [4.69, 9.17) is 0 Å². The molecule has 0 saturated heterocycles. The standard InChI is InChI=1S/C16H21FN4OS.HI/c1-3-12-9-19-15(23-12)10-21-16(18-4-2)20-8-11-5-6-14(22)13(17)7-11;/h5-7,9,22H,3-4,8,10H2,1-2H3,(H2,18,20,21);1H. The number of hydrogen-bond donors (Lipinski definition) is 3. The van der Waals surface area contributed by atoms with Gasteiger partial charge in [0.2, 0.25) is 0 Å². The Morgan fingerprint density at radius 3 is 2.75 bits per heavy atom. The highest BCUT2D eigenvalue weighted by atomic mass is 127. The summed E-state index contributed by atoms with van der Waals surface area (Å²) in [6, 6.07) is 4.28. The maximum absolute atomic E-state index is 13.3. The van der Waals surface area contributed by atoms with Crippen molar-refractivity contribution < 1.29 is 9.50 Å². The number of aryl methyl sites for hydroxylation is 1. The second kappa shape index (κ2) is 10.4. The van der Waals surface area contributed by atoms with E-state index < -0.39 is 5.82 Å². The summed E-state index contributed by atoms with van der Waals surface area (Å²) in [5, 5.41) is 16.6. The van der Waals surface area contributed by atoms with Crippen LogP contribution in [-0.4, -0.2) is 22.6 Å². The van der Waals surface area contributed by atoms with Crippen molar-refractivity contribution in [1.29, 1.82) is 0 Å². The average molecular weight is 464 g/mol. The predicted octanol–water partition coefficient (Wildman–Crippen LogP) is 3.42. The highest BCUT2D eigenvalue weighted by Crippen LogP contribution is 2.16. The summed E-state index contributed by atoms with van der Waals surface area (Å²) in [4.78, 5) is 10.0. The molecule has 8 heteroatoms. The molecule has 0 aliphatic heterocycles. The van der Waals surface area contributed by atoms with Gasteiger partial charge in [0, 0.05) is 17.6 Å². The molecule has 1 aromatic heterocycles. The van der Waals surface area contributed by atoms with E-state index in [1.165, 1.54) is 17.0 Å². The van der Waals surface area contributed by atoms with E-state index in [2.05, 4.69) is 27.5 Å². The first kappa shape index (κ1) is 20.6. The maximum atomic E-state index is 13.3. The molecule has 0 spiro atoms. The van der Waals surface area contributed by atoms with Gasteiger partial charge in [0.15, 0.2) is 17.5 Å². The van der Waals surface area contributed by atoms with E-state index in [0.717, 1.165) is 18.0 Å². The highest BCUT2D eigenvalue weighted by molar-refractivity contribution is 14.0. The minimum Gasteiger partial charge on any atom is -0.505 e. The van der Waals surface area contributed by atoms with Gasteiger partial charge in [-0.2, -0.15) is 0 Å². The Bertz CT molecular complexity index is 678. The summed E-state index contributed by atoms with van der Waals surface area (Å²) < 4.78 is 13.3. The fourth-order valence-electron chi connectivity index (χ4n) is 1.91.